The highest BCUT2D eigenvalue weighted by molar-refractivity contribution is 5.80. The van der Waals surface area contributed by atoms with Crippen LogP contribution in [-0.2, 0) is 14.3 Å². The highest BCUT2D eigenvalue weighted by atomic mass is 16.5. The van der Waals surface area contributed by atoms with E-state index in [1.807, 2.05) is 34.6 Å². The second-order valence-electron chi connectivity index (χ2n) is 4.30. The molecule has 16 heavy (non-hydrogen) atoms. The largest absolute Gasteiger partial charge is 0.465 e. The lowest BCUT2D eigenvalue weighted by molar-refractivity contribution is -0.151. The molecule has 96 valence electrons. The molecular formula is C12H25NO3. The van der Waals surface area contributed by atoms with Crippen molar-refractivity contribution in [3.63, 3.8) is 0 Å². The third kappa shape index (κ3) is 5.47. The van der Waals surface area contributed by atoms with Crippen LogP contribution in [-0.4, -0.2) is 37.4 Å². The standard InChI is InChI=1S/C12H25NO3/c1-6-15-9-8-12(5,13-10(3)4)11(14)16-7-2/h10,13H,6-9H2,1-5H3. The summed E-state index contributed by atoms with van der Waals surface area (Å²) in [4.78, 5) is 11.9. The zero-order valence-electron chi connectivity index (χ0n) is 11.1. The average molecular weight is 231 g/mol. The van der Waals surface area contributed by atoms with Crippen LogP contribution in [0.3, 0.4) is 0 Å². The van der Waals surface area contributed by atoms with E-state index in [2.05, 4.69) is 5.32 Å². The molecule has 0 aromatic carbocycles. The first-order chi connectivity index (χ1) is 7.46. The number of nitrogens with one attached hydrogen (secondary N) is 1. The van der Waals surface area contributed by atoms with Crippen LogP contribution in [0.15, 0.2) is 0 Å². The number of carbonyl (C=O) groups excluding carboxylic acids is 1. The molecule has 0 radical (unpaired) electrons. The molecular weight excluding hydrogens is 206 g/mol. The van der Waals surface area contributed by atoms with Crippen LogP contribution in [0, 0.1) is 0 Å². The first-order valence-electron chi connectivity index (χ1n) is 5.99. The molecule has 0 fully saturated rings. The molecule has 1 unspecified atom stereocenters. The molecule has 0 amide bonds. The maximum Gasteiger partial charge on any atom is 0.326 e. The van der Waals surface area contributed by atoms with Gasteiger partial charge in [-0.25, -0.2) is 0 Å². The maximum atomic E-state index is 11.9. The van der Waals surface area contributed by atoms with Crippen LogP contribution in [0.5, 0.6) is 0 Å². The van der Waals surface area contributed by atoms with Crippen molar-refractivity contribution in [2.24, 2.45) is 0 Å². The monoisotopic (exact) mass is 231 g/mol. The predicted molar refractivity (Wildman–Crippen MR) is 64.4 cm³/mol. The van der Waals surface area contributed by atoms with Gasteiger partial charge in [-0.1, -0.05) is 0 Å². The molecule has 1 N–H and O–H groups in total. The van der Waals surface area contributed by atoms with Crippen molar-refractivity contribution in [1.29, 1.82) is 0 Å². The summed E-state index contributed by atoms with van der Waals surface area (Å²) in [6, 6.07) is 0.232. The third-order valence-electron chi connectivity index (χ3n) is 2.28. The van der Waals surface area contributed by atoms with Crippen molar-refractivity contribution >= 4 is 5.97 Å². The Morgan fingerprint density at radius 3 is 2.38 bits per heavy atom. The lowest BCUT2D eigenvalue weighted by atomic mass is 9.97. The van der Waals surface area contributed by atoms with E-state index in [9.17, 15) is 4.79 Å². The quantitative estimate of drug-likeness (QED) is 0.510. The molecule has 0 aliphatic heterocycles. The molecule has 0 aromatic heterocycles. The lowest BCUT2D eigenvalue weighted by Crippen LogP contribution is -2.53. The van der Waals surface area contributed by atoms with Crippen LogP contribution < -0.4 is 5.32 Å². The zero-order valence-corrected chi connectivity index (χ0v) is 11.1. The first-order valence-corrected chi connectivity index (χ1v) is 5.99. The van der Waals surface area contributed by atoms with E-state index in [0.717, 1.165) is 0 Å². The molecule has 0 aliphatic carbocycles. The Labute approximate surface area is 98.7 Å². The van der Waals surface area contributed by atoms with Gasteiger partial charge in [0.15, 0.2) is 0 Å². The summed E-state index contributed by atoms with van der Waals surface area (Å²) >= 11 is 0. The molecule has 0 saturated carbocycles. The van der Waals surface area contributed by atoms with Gasteiger partial charge >= 0.3 is 5.97 Å². The van der Waals surface area contributed by atoms with Crippen molar-refractivity contribution in [2.45, 2.75) is 52.6 Å². The van der Waals surface area contributed by atoms with Crippen LogP contribution in [0.1, 0.15) is 41.0 Å². The van der Waals surface area contributed by atoms with Crippen molar-refractivity contribution < 1.29 is 14.3 Å². The average Bonchev–Trinajstić information content (AvgIpc) is 2.17. The summed E-state index contributed by atoms with van der Waals surface area (Å²) in [6.07, 6.45) is 0.623. The molecule has 1 atom stereocenters. The Morgan fingerprint density at radius 1 is 1.31 bits per heavy atom. The second-order valence-corrected chi connectivity index (χ2v) is 4.30. The van der Waals surface area contributed by atoms with Gasteiger partial charge in [0.25, 0.3) is 0 Å². The van der Waals surface area contributed by atoms with Crippen LogP contribution in [0.4, 0.5) is 0 Å². The second kappa shape index (κ2) is 7.63. The van der Waals surface area contributed by atoms with Crippen molar-refractivity contribution in [2.75, 3.05) is 19.8 Å². The van der Waals surface area contributed by atoms with Gasteiger partial charge in [0, 0.05) is 19.3 Å². The molecule has 4 heteroatoms. The number of hydrogen-bond donors (Lipinski definition) is 1. The smallest absolute Gasteiger partial charge is 0.326 e. The minimum Gasteiger partial charge on any atom is -0.465 e. The van der Waals surface area contributed by atoms with Gasteiger partial charge in [0.2, 0.25) is 0 Å². The Kier molecular flexibility index (Phi) is 7.34. The lowest BCUT2D eigenvalue weighted by Gasteiger charge is -2.30. The van der Waals surface area contributed by atoms with E-state index in [4.69, 9.17) is 9.47 Å². The van der Waals surface area contributed by atoms with E-state index < -0.39 is 5.54 Å². The molecule has 0 rings (SSSR count). The minimum atomic E-state index is -0.653. The molecule has 0 aliphatic rings. The number of rotatable bonds is 8. The molecule has 0 heterocycles. The normalized spacial score (nSPS) is 14.9. The summed E-state index contributed by atoms with van der Waals surface area (Å²) in [5.41, 5.74) is -0.653. The van der Waals surface area contributed by atoms with E-state index >= 15 is 0 Å². The molecule has 0 saturated heterocycles. The minimum absolute atomic E-state index is 0.205. The highest BCUT2D eigenvalue weighted by Crippen LogP contribution is 2.13. The number of esters is 1. The first kappa shape index (κ1) is 15.4. The number of hydrogen-bond acceptors (Lipinski definition) is 4. The van der Waals surface area contributed by atoms with Crippen molar-refractivity contribution in [3.05, 3.63) is 0 Å². The van der Waals surface area contributed by atoms with Gasteiger partial charge < -0.3 is 9.47 Å². The SMILES string of the molecule is CCOCCC(C)(NC(C)C)C(=O)OCC. The summed E-state index contributed by atoms with van der Waals surface area (Å²) in [5.74, 6) is -0.205. The van der Waals surface area contributed by atoms with Gasteiger partial charge in [0.1, 0.15) is 5.54 Å². The highest BCUT2D eigenvalue weighted by Gasteiger charge is 2.34. The number of ether oxygens (including phenoxy) is 2. The summed E-state index contributed by atoms with van der Waals surface area (Å²) in [6.45, 7) is 11.3. The topological polar surface area (TPSA) is 47.6 Å². The summed E-state index contributed by atoms with van der Waals surface area (Å²) in [5, 5.41) is 3.25. The maximum absolute atomic E-state index is 11.9. The predicted octanol–water partition coefficient (Wildman–Crippen LogP) is 1.73. The summed E-state index contributed by atoms with van der Waals surface area (Å²) < 4.78 is 10.4. The van der Waals surface area contributed by atoms with Crippen LogP contribution in [0.25, 0.3) is 0 Å². The summed E-state index contributed by atoms with van der Waals surface area (Å²) in [7, 11) is 0. The van der Waals surface area contributed by atoms with Gasteiger partial charge in [-0.05, 0) is 41.0 Å². The van der Waals surface area contributed by atoms with Crippen molar-refractivity contribution in [3.8, 4) is 0 Å². The van der Waals surface area contributed by atoms with Crippen LogP contribution in [0.2, 0.25) is 0 Å². The van der Waals surface area contributed by atoms with Gasteiger partial charge in [-0.2, -0.15) is 0 Å². The van der Waals surface area contributed by atoms with E-state index in [1.165, 1.54) is 0 Å². The fraction of sp³-hybridized carbons (Fsp3) is 0.917. The van der Waals surface area contributed by atoms with Gasteiger partial charge in [-0.3, -0.25) is 10.1 Å². The molecule has 4 nitrogen and oxygen atoms in total. The Hall–Kier alpha value is -0.610. The van der Waals surface area contributed by atoms with E-state index in [-0.39, 0.29) is 12.0 Å². The van der Waals surface area contributed by atoms with Gasteiger partial charge in [0.05, 0.1) is 6.61 Å². The molecule has 0 aromatic rings. The Bertz CT molecular complexity index is 206. The van der Waals surface area contributed by atoms with Crippen molar-refractivity contribution in [1.82, 2.24) is 5.32 Å². The van der Waals surface area contributed by atoms with E-state index in [0.29, 0.717) is 26.2 Å². The fourth-order valence-electron chi connectivity index (χ4n) is 1.58. The van der Waals surface area contributed by atoms with Gasteiger partial charge in [-0.15, -0.1) is 0 Å². The number of carbonyl (C=O) groups is 1. The zero-order chi connectivity index (χ0) is 12.6. The fourth-order valence-corrected chi connectivity index (χ4v) is 1.58. The molecule has 0 spiro atoms. The Morgan fingerprint density at radius 2 is 1.94 bits per heavy atom. The Balaban J connectivity index is 4.40. The molecule has 0 bridgehead atoms. The third-order valence-corrected chi connectivity index (χ3v) is 2.28. The van der Waals surface area contributed by atoms with Crippen LogP contribution >= 0.6 is 0 Å². The van der Waals surface area contributed by atoms with E-state index in [1.54, 1.807) is 0 Å².